The number of anilines is 1. The average molecular weight is 870 g/mol. The van der Waals surface area contributed by atoms with Crippen LogP contribution in [0.25, 0.3) is 22.5 Å². The Bertz CT molecular complexity index is 2200. The van der Waals surface area contributed by atoms with Crippen LogP contribution in [-0.4, -0.2) is 98.4 Å². The number of nitrogens with zero attached hydrogens (tertiary/aromatic N) is 4. The number of likely N-dealkylation sites (tertiary alicyclic amines) is 1. The number of halogens is 1. The molecule has 62 heavy (non-hydrogen) atoms. The number of hydrogen-bond acceptors (Lipinski definition) is 10. The Hall–Kier alpha value is -6.03. The number of carbonyl (C=O) groups excluding carboxylic acids is 5. The zero-order valence-corrected chi connectivity index (χ0v) is 36.8. The minimum Gasteiger partial charge on any atom is -0.444 e. The van der Waals surface area contributed by atoms with Gasteiger partial charge in [0.1, 0.15) is 17.2 Å². The number of H-pyrrole nitrogens is 1. The van der Waals surface area contributed by atoms with Gasteiger partial charge in [-0.05, 0) is 132 Å². The smallest absolute Gasteiger partial charge is 0.410 e. The first-order valence-corrected chi connectivity index (χ1v) is 21.4. The highest BCUT2D eigenvalue weighted by molar-refractivity contribution is 6.33. The summed E-state index contributed by atoms with van der Waals surface area (Å²) in [6, 6.07) is 18.6. The van der Waals surface area contributed by atoms with Gasteiger partial charge in [-0.15, -0.1) is 10.2 Å². The van der Waals surface area contributed by atoms with Crippen LogP contribution in [0.3, 0.4) is 0 Å². The van der Waals surface area contributed by atoms with Gasteiger partial charge in [0.2, 0.25) is 17.6 Å². The van der Waals surface area contributed by atoms with E-state index in [0.29, 0.717) is 66.6 Å². The fourth-order valence-electron chi connectivity index (χ4n) is 7.47. The third kappa shape index (κ3) is 13.0. The Kier molecular flexibility index (Phi) is 14.5. The minimum atomic E-state index is -0.894. The van der Waals surface area contributed by atoms with Crippen LogP contribution in [0.5, 0.6) is 0 Å². The molecule has 2 heterocycles. The van der Waals surface area contributed by atoms with Crippen LogP contribution in [0.1, 0.15) is 89.6 Å². The lowest BCUT2D eigenvalue weighted by Crippen LogP contribution is -2.48. The summed E-state index contributed by atoms with van der Waals surface area (Å²) in [6.07, 6.45) is 2.73. The molecule has 0 spiro atoms. The summed E-state index contributed by atoms with van der Waals surface area (Å²) >= 11 is 6.74. The lowest BCUT2D eigenvalue weighted by atomic mass is 9.81. The predicted molar refractivity (Wildman–Crippen MR) is 234 cm³/mol. The van der Waals surface area contributed by atoms with Crippen molar-refractivity contribution in [2.75, 3.05) is 25.0 Å². The average Bonchev–Trinajstić information content (AvgIpc) is 3.93. The second-order valence-electron chi connectivity index (χ2n) is 17.9. The van der Waals surface area contributed by atoms with Crippen molar-refractivity contribution in [1.29, 1.82) is 0 Å². The maximum atomic E-state index is 13.9. The number of tetrazole rings is 1. The van der Waals surface area contributed by atoms with E-state index in [1.807, 2.05) is 65.8 Å². The summed E-state index contributed by atoms with van der Waals surface area (Å²) < 4.78 is 10.8. The van der Waals surface area contributed by atoms with Gasteiger partial charge in [0.25, 0.3) is 5.91 Å². The van der Waals surface area contributed by atoms with Gasteiger partial charge >= 0.3 is 12.2 Å². The highest BCUT2D eigenvalue weighted by Gasteiger charge is 2.32. The maximum Gasteiger partial charge on any atom is 0.410 e. The monoisotopic (exact) mass is 869 g/mol. The zero-order valence-electron chi connectivity index (χ0n) is 36.0. The first-order valence-electron chi connectivity index (χ1n) is 21.0. The van der Waals surface area contributed by atoms with Gasteiger partial charge < -0.3 is 35.6 Å². The number of amides is 5. The first kappa shape index (κ1) is 45.5. The zero-order chi connectivity index (χ0) is 44.6. The van der Waals surface area contributed by atoms with Crippen molar-refractivity contribution in [3.05, 3.63) is 82.9 Å². The lowest BCUT2D eigenvalue weighted by molar-refractivity contribution is -0.130. The van der Waals surface area contributed by atoms with Crippen molar-refractivity contribution in [2.24, 2.45) is 11.8 Å². The van der Waals surface area contributed by atoms with Crippen LogP contribution in [0.2, 0.25) is 5.02 Å². The van der Waals surface area contributed by atoms with E-state index in [4.69, 9.17) is 21.1 Å². The minimum absolute atomic E-state index is 0.197. The van der Waals surface area contributed by atoms with E-state index < -0.39 is 29.4 Å². The second-order valence-corrected chi connectivity index (χ2v) is 18.4. The lowest BCUT2D eigenvalue weighted by Gasteiger charge is -2.29. The number of nitrogens with one attached hydrogen (secondary N) is 5. The molecule has 17 heteroatoms. The van der Waals surface area contributed by atoms with E-state index in [2.05, 4.69) is 41.9 Å². The number of alkyl carbamates (subject to hydrolysis) is 1. The summed E-state index contributed by atoms with van der Waals surface area (Å²) in [5.41, 5.74) is 2.79. The molecule has 0 unspecified atom stereocenters. The number of ether oxygens (including phenoxy) is 2. The molecular weight excluding hydrogens is 814 g/mol. The Labute approximate surface area is 366 Å². The van der Waals surface area contributed by atoms with Gasteiger partial charge in [-0.25, -0.2) is 9.59 Å². The Morgan fingerprint density at radius 1 is 0.855 bits per heavy atom. The third-order valence-electron chi connectivity index (χ3n) is 10.7. The number of benzene rings is 3. The quantitative estimate of drug-likeness (QED) is 0.0992. The summed E-state index contributed by atoms with van der Waals surface area (Å²) in [5, 5.41) is 26.2. The van der Waals surface area contributed by atoms with E-state index in [9.17, 15) is 24.0 Å². The molecule has 330 valence electrons. The molecule has 2 atom stereocenters. The van der Waals surface area contributed by atoms with Crippen LogP contribution in [-0.2, 0) is 25.5 Å². The molecule has 0 bridgehead atoms. The number of aromatic nitrogens is 4. The Balaban J connectivity index is 1.08. The first-order chi connectivity index (χ1) is 29.4. The standard InChI is InChI=1S/C45H56ClN9O7/c1-44(2,3)61-42(59)47-25-28-9-13-31(14-10-28)39(56)50-37(41(58)48-33-18-15-30(16-19-33)38-51-53-54-52-38)23-27-7-11-29(12-8-27)35-20-17-32(24-36(35)46)40(57)49-34-21-22-55(26-34)43(60)62-45(4,5)6/h7-8,11-12,15-20,24,28,31,34,37H,9-10,13-14,21-23,25-26H2,1-6H3,(H,47,59)(H,48,58)(H,49,57)(H,50,56)(H,51,52,53,54)/t28?,31?,34-,37-/m0/s1. The molecule has 1 aliphatic heterocycles. The van der Waals surface area contributed by atoms with Gasteiger partial charge in [0, 0.05) is 65.4 Å². The molecule has 1 saturated heterocycles. The number of aromatic amines is 1. The van der Waals surface area contributed by atoms with Gasteiger partial charge in [-0.3, -0.25) is 14.4 Å². The normalized spacial score (nSPS) is 18.3. The number of rotatable bonds is 12. The molecule has 1 aromatic heterocycles. The van der Waals surface area contributed by atoms with Gasteiger partial charge in [0.05, 0.1) is 0 Å². The number of hydrogen-bond donors (Lipinski definition) is 5. The SMILES string of the molecule is CC(C)(C)OC(=O)NCC1CCC(C(=O)N[C@@H](Cc2ccc(-c3ccc(C(=O)N[C@H]4CCN(C(=O)OC(C)(C)C)C4)cc3Cl)cc2)C(=O)Nc2ccc(-c3nn[nH]n3)cc2)CC1. The summed E-state index contributed by atoms with van der Waals surface area (Å²) in [5.74, 6) is -0.506. The van der Waals surface area contributed by atoms with Crippen molar-refractivity contribution >= 4 is 47.2 Å². The molecule has 6 rings (SSSR count). The molecule has 16 nitrogen and oxygen atoms in total. The highest BCUT2D eigenvalue weighted by Crippen LogP contribution is 2.31. The van der Waals surface area contributed by atoms with Crippen LogP contribution in [0.4, 0.5) is 15.3 Å². The largest absolute Gasteiger partial charge is 0.444 e. The van der Waals surface area contributed by atoms with E-state index in [1.165, 1.54) is 0 Å². The third-order valence-corrected chi connectivity index (χ3v) is 11.0. The van der Waals surface area contributed by atoms with Gasteiger partial charge in [-0.2, -0.15) is 5.21 Å². The fourth-order valence-corrected chi connectivity index (χ4v) is 7.76. The van der Waals surface area contributed by atoms with Gasteiger partial charge in [0.15, 0.2) is 0 Å². The molecular formula is C45H56ClN9O7. The van der Waals surface area contributed by atoms with Crippen LogP contribution >= 0.6 is 11.6 Å². The molecule has 1 saturated carbocycles. The number of carbonyl (C=O) groups is 5. The molecule has 2 fully saturated rings. The van der Waals surface area contributed by atoms with Crippen molar-refractivity contribution in [3.8, 4) is 22.5 Å². The topological polar surface area (TPSA) is 210 Å². The molecule has 5 amide bonds. The van der Waals surface area contributed by atoms with Crippen LogP contribution in [0, 0.1) is 11.8 Å². The van der Waals surface area contributed by atoms with E-state index in [-0.39, 0.29) is 42.0 Å². The van der Waals surface area contributed by atoms with Crippen LogP contribution in [0.15, 0.2) is 66.7 Å². The van der Waals surface area contributed by atoms with Crippen LogP contribution < -0.4 is 21.3 Å². The predicted octanol–water partition coefficient (Wildman–Crippen LogP) is 6.92. The maximum absolute atomic E-state index is 13.9. The van der Waals surface area contributed by atoms with Crippen molar-refractivity contribution in [1.82, 2.24) is 41.5 Å². The molecule has 3 aromatic carbocycles. The van der Waals surface area contributed by atoms with E-state index >= 15 is 0 Å². The highest BCUT2D eigenvalue weighted by atomic mass is 35.5. The summed E-state index contributed by atoms with van der Waals surface area (Å²) in [4.78, 5) is 67.0. The molecule has 2 aliphatic rings. The second kappa shape index (κ2) is 19.8. The molecule has 5 N–H and O–H groups in total. The molecule has 1 aliphatic carbocycles. The van der Waals surface area contributed by atoms with Crippen molar-refractivity contribution in [2.45, 2.75) is 103 Å². The molecule has 0 radical (unpaired) electrons. The summed E-state index contributed by atoms with van der Waals surface area (Å²) in [7, 11) is 0. The van der Waals surface area contributed by atoms with Gasteiger partial charge in [-0.1, -0.05) is 41.9 Å². The molecule has 4 aromatic rings. The van der Waals surface area contributed by atoms with E-state index in [1.54, 1.807) is 47.4 Å². The Morgan fingerprint density at radius 3 is 2.16 bits per heavy atom. The summed E-state index contributed by atoms with van der Waals surface area (Å²) in [6.45, 7) is 12.2. The van der Waals surface area contributed by atoms with Crippen molar-refractivity contribution < 1.29 is 33.4 Å². The Morgan fingerprint density at radius 2 is 1.53 bits per heavy atom. The van der Waals surface area contributed by atoms with E-state index in [0.717, 1.165) is 29.5 Å². The van der Waals surface area contributed by atoms with Crippen molar-refractivity contribution in [3.63, 3.8) is 0 Å². The fraction of sp³-hybridized carbons (Fsp3) is 0.467.